The molecule has 0 aliphatic rings. The van der Waals surface area contributed by atoms with E-state index < -0.39 is 11.9 Å². The Kier molecular flexibility index (Phi) is 7.28. The molecule has 34 heavy (non-hydrogen) atoms. The summed E-state index contributed by atoms with van der Waals surface area (Å²) in [5.74, 6) is -0.809. The molecule has 0 atom stereocenters. The van der Waals surface area contributed by atoms with E-state index in [0.717, 1.165) is 5.56 Å². The van der Waals surface area contributed by atoms with Crippen molar-refractivity contribution >= 4 is 63.0 Å². The fourth-order valence-electron chi connectivity index (χ4n) is 3.40. The number of esters is 1. The van der Waals surface area contributed by atoms with Crippen molar-refractivity contribution in [3.63, 3.8) is 0 Å². The van der Waals surface area contributed by atoms with E-state index in [0.29, 0.717) is 31.2 Å². The molecule has 10 heteroatoms. The van der Waals surface area contributed by atoms with E-state index in [4.69, 9.17) is 44.1 Å². The Morgan fingerprint density at radius 3 is 2.38 bits per heavy atom. The number of benzene rings is 2. The van der Waals surface area contributed by atoms with Gasteiger partial charge >= 0.3 is 5.97 Å². The lowest BCUT2D eigenvalue weighted by Crippen LogP contribution is -2.16. The molecule has 0 bridgehead atoms. The molecule has 0 radical (unpaired) electrons. The molecular weight excluding hydrogens is 519 g/mol. The lowest BCUT2D eigenvalue weighted by atomic mass is 10.0. The molecule has 0 spiro atoms. The highest BCUT2D eigenvalue weighted by Gasteiger charge is 2.28. The van der Waals surface area contributed by atoms with Gasteiger partial charge in [-0.3, -0.25) is 4.79 Å². The van der Waals surface area contributed by atoms with E-state index in [1.165, 1.54) is 11.3 Å². The minimum absolute atomic E-state index is 0.159. The SMILES string of the molecule is CCOC(=O)c1c(-c2ccc(Cl)cc2)csc1NC(=O)c1c(-c2c(Cl)cccc2Cl)noc1C. The highest BCUT2D eigenvalue weighted by molar-refractivity contribution is 7.15. The van der Waals surface area contributed by atoms with Gasteiger partial charge in [-0.25, -0.2) is 4.79 Å². The average Bonchev–Trinajstić information content (AvgIpc) is 3.38. The number of rotatable bonds is 6. The summed E-state index contributed by atoms with van der Waals surface area (Å²) in [5.41, 5.74) is 2.37. The molecule has 0 unspecified atom stereocenters. The molecule has 2 aromatic carbocycles. The number of anilines is 1. The molecule has 0 aliphatic heterocycles. The maximum absolute atomic E-state index is 13.4. The second kappa shape index (κ2) is 10.2. The zero-order chi connectivity index (χ0) is 24.4. The minimum atomic E-state index is -0.555. The summed E-state index contributed by atoms with van der Waals surface area (Å²) in [6.45, 7) is 3.50. The summed E-state index contributed by atoms with van der Waals surface area (Å²) in [4.78, 5) is 26.2. The Bertz CT molecular complexity index is 1360. The molecule has 1 N–H and O–H groups in total. The van der Waals surface area contributed by atoms with Crippen LogP contribution in [0.25, 0.3) is 22.4 Å². The molecule has 0 fully saturated rings. The first-order valence-corrected chi connectivity index (χ1v) is 12.1. The predicted octanol–water partition coefficient (Wildman–Crippen LogP) is 7.77. The third kappa shape index (κ3) is 4.70. The van der Waals surface area contributed by atoms with Crippen LogP contribution in [0, 0.1) is 6.92 Å². The van der Waals surface area contributed by atoms with Gasteiger partial charge in [0.25, 0.3) is 5.91 Å². The zero-order valence-electron chi connectivity index (χ0n) is 17.9. The summed E-state index contributed by atoms with van der Waals surface area (Å²) >= 11 is 19.9. The molecule has 2 heterocycles. The van der Waals surface area contributed by atoms with Gasteiger partial charge in [-0.1, -0.05) is 58.2 Å². The van der Waals surface area contributed by atoms with Crippen molar-refractivity contribution < 1.29 is 18.8 Å². The van der Waals surface area contributed by atoms with E-state index in [1.54, 1.807) is 61.7 Å². The van der Waals surface area contributed by atoms with E-state index in [-0.39, 0.29) is 29.2 Å². The van der Waals surface area contributed by atoms with Crippen molar-refractivity contribution in [2.75, 3.05) is 11.9 Å². The van der Waals surface area contributed by atoms with Gasteiger partial charge in [-0.05, 0) is 43.7 Å². The molecular formula is C24H17Cl3N2O4S. The number of aromatic nitrogens is 1. The van der Waals surface area contributed by atoms with Crippen LogP contribution < -0.4 is 5.32 Å². The summed E-state index contributed by atoms with van der Waals surface area (Å²) in [6.07, 6.45) is 0. The second-order valence-corrected chi connectivity index (χ2v) is 9.22. The predicted molar refractivity (Wildman–Crippen MR) is 135 cm³/mol. The molecule has 1 amide bonds. The topological polar surface area (TPSA) is 81.4 Å². The van der Waals surface area contributed by atoms with Crippen LogP contribution in [0.5, 0.6) is 0 Å². The first-order chi connectivity index (χ1) is 16.3. The number of nitrogens with one attached hydrogen (secondary N) is 1. The minimum Gasteiger partial charge on any atom is -0.462 e. The van der Waals surface area contributed by atoms with Crippen LogP contribution in [0.3, 0.4) is 0 Å². The highest BCUT2D eigenvalue weighted by atomic mass is 35.5. The number of halogens is 3. The number of hydrogen-bond donors (Lipinski definition) is 1. The Hall–Kier alpha value is -2.84. The number of nitrogens with zero attached hydrogens (tertiary/aromatic N) is 1. The maximum Gasteiger partial charge on any atom is 0.341 e. The third-order valence-electron chi connectivity index (χ3n) is 4.94. The van der Waals surface area contributed by atoms with Crippen LogP contribution >= 0.6 is 46.1 Å². The molecule has 174 valence electrons. The molecule has 0 saturated heterocycles. The first kappa shape index (κ1) is 24.3. The van der Waals surface area contributed by atoms with E-state index in [1.807, 2.05) is 0 Å². The standard InChI is InChI=1S/C24H17Cl3N2O4S/c1-3-32-24(31)19-15(13-7-9-14(25)10-8-13)11-34-23(19)28-22(30)18-12(2)33-29-21(18)20-16(26)5-4-6-17(20)27/h4-11H,3H2,1-2H3,(H,28,30). The van der Waals surface area contributed by atoms with Gasteiger partial charge in [0.15, 0.2) is 0 Å². The zero-order valence-corrected chi connectivity index (χ0v) is 21.0. The fourth-order valence-corrected chi connectivity index (χ4v) is 5.05. The Labute approximate surface area is 214 Å². The number of thiophene rings is 1. The quantitative estimate of drug-likeness (QED) is 0.255. The molecule has 6 nitrogen and oxygen atoms in total. The van der Waals surface area contributed by atoms with Crippen molar-refractivity contribution in [1.82, 2.24) is 5.16 Å². The molecule has 0 aliphatic carbocycles. The van der Waals surface area contributed by atoms with Gasteiger partial charge in [0, 0.05) is 21.5 Å². The number of aryl methyl sites for hydroxylation is 1. The smallest absolute Gasteiger partial charge is 0.341 e. The van der Waals surface area contributed by atoms with Crippen LogP contribution in [0.4, 0.5) is 5.00 Å². The third-order valence-corrected chi connectivity index (χ3v) is 6.72. The van der Waals surface area contributed by atoms with Crippen LogP contribution in [-0.4, -0.2) is 23.6 Å². The number of carbonyl (C=O) groups excluding carboxylic acids is 2. The Balaban J connectivity index is 1.76. The first-order valence-electron chi connectivity index (χ1n) is 10.1. The van der Waals surface area contributed by atoms with Crippen molar-refractivity contribution in [3.05, 3.63) is 79.8 Å². The maximum atomic E-state index is 13.4. The summed E-state index contributed by atoms with van der Waals surface area (Å²) in [6, 6.07) is 12.0. The van der Waals surface area contributed by atoms with Crippen molar-refractivity contribution in [2.45, 2.75) is 13.8 Å². The average molecular weight is 536 g/mol. The van der Waals surface area contributed by atoms with Crippen LogP contribution in [0.15, 0.2) is 52.4 Å². The van der Waals surface area contributed by atoms with Crippen LogP contribution in [0.2, 0.25) is 15.1 Å². The van der Waals surface area contributed by atoms with Crippen molar-refractivity contribution in [3.8, 4) is 22.4 Å². The molecule has 2 aromatic heterocycles. The number of carbonyl (C=O) groups is 2. The second-order valence-electron chi connectivity index (χ2n) is 7.09. The largest absolute Gasteiger partial charge is 0.462 e. The Morgan fingerprint density at radius 2 is 1.74 bits per heavy atom. The van der Waals surface area contributed by atoms with Gasteiger partial charge in [-0.2, -0.15) is 0 Å². The van der Waals surface area contributed by atoms with Gasteiger partial charge in [0.2, 0.25) is 0 Å². The summed E-state index contributed by atoms with van der Waals surface area (Å²) in [7, 11) is 0. The summed E-state index contributed by atoms with van der Waals surface area (Å²) < 4.78 is 10.5. The lowest BCUT2D eigenvalue weighted by molar-refractivity contribution is 0.0529. The lowest BCUT2D eigenvalue weighted by Gasteiger charge is -2.10. The van der Waals surface area contributed by atoms with Gasteiger partial charge in [0.1, 0.15) is 27.6 Å². The monoisotopic (exact) mass is 534 g/mol. The molecule has 0 saturated carbocycles. The highest BCUT2D eigenvalue weighted by Crippen LogP contribution is 2.39. The van der Waals surface area contributed by atoms with E-state index in [9.17, 15) is 9.59 Å². The van der Waals surface area contributed by atoms with E-state index >= 15 is 0 Å². The van der Waals surface area contributed by atoms with Crippen molar-refractivity contribution in [1.29, 1.82) is 0 Å². The molecule has 4 aromatic rings. The van der Waals surface area contributed by atoms with Crippen LogP contribution in [0.1, 0.15) is 33.4 Å². The van der Waals surface area contributed by atoms with E-state index in [2.05, 4.69) is 10.5 Å². The number of amides is 1. The number of hydrogen-bond acceptors (Lipinski definition) is 6. The van der Waals surface area contributed by atoms with Gasteiger partial charge in [0.05, 0.1) is 16.7 Å². The fraction of sp³-hybridized carbons (Fsp3) is 0.125. The summed E-state index contributed by atoms with van der Waals surface area (Å²) in [5, 5.41) is 10.1. The molecule has 4 rings (SSSR count). The van der Waals surface area contributed by atoms with Crippen molar-refractivity contribution in [2.24, 2.45) is 0 Å². The number of ether oxygens (including phenoxy) is 1. The van der Waals surface area contributed by atoms with Gasteiger partial charge < -0.3 is 14.6 Å². The Morgan fingerprint density at radius 1 is 1.06 bits per heavy atom. The van der Waals surface area contributed by atoms with Crippen LogP contribution in [-0.2, 0) is 4.74 Å². The van der Waals surface area contributed by atoms with Gasteiger partial charge in [-0.15, -0.1) is 11.3 Å². The normalized spacial score (nSPS) is 10.9.